The molecule has 228 valence electrons. The summed E-state index contributed by atoms with van der Waals surface area (Å²) < 4.78 is 73.3. The van der Waals surface area contributed by atoms with Crippen molar-refractivity contribution in [2.24, 2.45) is 11.1 Å². The molecule has 1 aliphatic rings. The number of halogens is 3. The van der Waals surface area contributed by atoms with E-state index in [1.165, 1.54) is 29.2 Å². The molecule has 0 saturated carbocycles. The second-order valence-electron chi connectivity index (χ2n) is 10.8. The summed E-state index contributed by atoms with van der Waals surface area (Å²) in [7, 11) is -3.94. The van der Waals surface area contributed by atoms with Crippen LogP contribution in [0.4, 0.5) is 18.9 Å². The van der Waals surface area contributed by atoms with E-state index in [0.717, 1.165) is 12.3 Å². The Bertz CT molecular complexity index is 1850. The number of alkyl halides is 3. The van der Waals surface area contributed by atoms with Gasteiger partial charge in [0.15, 0.2) is 9.84 Å². The maximum Gasteiger partial charge on any atom is 0.573 e. The fourth-order valence-electron chi connectivity index (χ4n) is 4.57. The summed E-state index contributed by atoms with van der Waals surface area (Å²) in [6, 6.07) is 14.4. The smallest absolute Gasteiger partial charge is 0.421 e. The Morgan fingerprint density at radius 2 is 1.80 bits per heavy atom. The molecule has 0 spiro atoms. The molecule has 2 N–H and O–H groups in total. The minimum absolute atomic E-state index is 0.0456. The number of nitrogens with zero attached hydrogens (tertiary/aromatic N) is 5. The van der Waals surface area contributed by atoms with Crippen LogP contribution in [0.3, 0.4) is 0 Å². The maximum absolute atomic E-state index is 13.4. The molecule has 0 saturated heterocycles. The van der Waals surface area contributed by atoms with Gasteiger partial charge in [0.2, 0.25) is 17.7 Å². The molecule has 0 fully saturated rings. The first-order valence-corrected chi connectivity index (χ1v) is 14.8. The third-order valence-corrected chi connectivity index (χ3v) is 8.55. The van der Waals surface area contributed by atoms with Crippen LogP contribution in [-0.2, 0) is 27.6 Å². The number of carbonyl (C=O) groups excluding carboxylic acids is 1. The minimum atomic E-state index is -4.83. The minimum Gasteiger partial charge on any atom is -0.421 e. The summed E-state index contributed by atoms with van der Waals surface area (Å²) in [4.78, 5) is 18.6. The van der Waals surface area contributed by atoms with Crippen LogP contribution in [0.15, 0.2) is 70.1 Å². The van der Waals surface area contributed by atoms with Crippen molar-refractivity contribution in [2.45, 2.75) is 44.1 Å². The average Bonchev–Trinajstić information content (AvgIpc) is 3.40. The molecule has 15 heteroatoms. The van der Waals surface area contributed by atoms with Crippen molar-refractivity contribution in [1.29, 1.82) is 5.26 Å². The molecule has 0 radical (unpaired) electrons. The van der Waals surface area contributed by atoms with E-state index in [-0.39, 0.29) is 35.3 Å². The van der Waals surface area contributed by atoms with Gasteiger partial charge in [0.25, 0.3) is 0 Å². The topological polar surface area (TPSA) is 165 Å². The highest BCUT2D eigenvalue weighted by Crippen LogP contribution is 2.36. The van der Waals surface area contributed by atoms with E-state index >= 15 is 0 Å². The number of benzene rings is 2. The summed E-state index contributed by atoms with van der Waals surface area (Å²) in [5, 5.41) is 17.4. The van der Waals surface area contributed by atoms with Crippen LogP contribution in [0.2, 0.25) is 0 Å². The number of rotatable bonds is 7. The number of anilines is 1. The maximum atomic E-state index is 13.4. The predicted molar refractivity (Wildman–Crippen MR) is 150 cm³/mol. The van der Waals surface area contributed by atoms with Crippen molar-refractivity contribution >= 4 is 21.4 Å². The summed E-state index contributed by atoms with van der Waals surface area (Å²) in [6.07, 6.45) is -3.67. The number of hydrogen-bond donors (Lipinski definition) is 1. The van der Waals surface area contributed by atoms with Gasteiger partial charge in [-0.3, -0.25) is 9.78 Å². The van der Waals surface area contributed by atoms with Crippen LogP contribution in [0.5, 0.6) is 5.75 Å². The highest BCUT2D eigenvalue weighted by Gasteiger charge is 2.36. The molecule has 0 bridgehead atoms. The first kappa shape index (κ1) is 30.6. The van der Waals surface area contributed by atoms with Gasteiger partial charge >= 0.3 is 6.36 Å². The van der Waals surface area contributed by atoms with Crippen molar-refractivity contribution in [2.75, 3.05) is 10.7 Å². The number of hydrogen-bond acceptors (Lipinski definition) is 10. The van der Waals surface area contributed by atoms with Crippen LogP contribution in [0.1, 0.15) is 25.3 Å². The Morgan fingerprint density at radius 3 is 2.43 bits per heavy atom. The van der Waals surface area contributed by atoms with Crippen LogP contribution < -0.4 is 15.4 Å². The van der Waals surface area contributed by atoms with Gasteiger partial charge in [-0.2, -0.15) is 5.26 Å². The Hall–Kier alpha value is -4.81. The number of amides is 1. The zero-order valence-corrected chi connectivity index (χ0v) is 24.2. The van der Waals surface area contributed by atoms with Gasteiger partial charge in [-0.25, -0.2) is 8.42 Å². The van der Waals surface area contributed by atoms with Crippen molar-refractivity contribution in [1.82, 2.24) is 15.2 Å². The number of pyridine rings is 1. The molecule has 1 aliphatic heterocycles. The number of carbonyl (C=O) groups is 1. The van der Waals surface area contributed by atoms with E-state index in [2.05, 4.69) is 26.0 Å². The highest BCUT2D eigenvalue weighted by molar-refractivity contribution is 7.91. The Labute approximate surface area is 250 Å². The van der Waals surface area contributed by atoms with Gasteiger partial charge in [0.1, 0.15) is 5.75 Å². The van der Waals surface area contributed by atoms with Gasteiger partial charge in [-0.15, -0.1) is 23.4 Å². The SMILES string of the molecule is CC(C)(C#N)Cc1nnc(-c2ccc3c(c2)N(Cc2ccc(-c4ccc(OC(F)(F)F)cn4)cc2)C(=O)[C@@H](N)CS3(=O)=O)o1. The molecule has 44 heavy (non-hydrogen) atoms. The van der Waals surface area contributed by atoms with E-state index in [1.807, 2.05) is 0 Å². The first-order valence-electron chi connectivity index (χ1n) is 13.1. The Morgan fingerprint density at radius 1 is 1.09 bits per heavy atom. The van der Waals surface area contributed by atoms with Crippen LogP contribution in [-0.4, -0.2) is 47.7 Å². The van der Waals surface area contributed by atoms with Crippen LogP contribution in [0, 0.1) is 16.7 Å². The van der Waals surface area contributed by atoms with Crippen molar-refractivity contribution in [3.8, 4) is 34.5 Å². The van der Waals surface area contributed by atoms with E-state index in [4.69, 9.17) is 10.2 Å². The second-order valence-corrected chi connectivity index (χ2v) is 12.8. The number of ether oxygens (including phenoxy) is 1. The molecule has 1 amide bonds. The highest BCUT2D eigenvalue weighted by atomic mass is 32.2. The lowest BCUT2D eigenvalue weighted by Crippen LogP contribution is -2.45. The molecular formula is C29H25F3N6O5S. The lowest BCUT2D eigenvalue weighted by Gasteiger charge is -2.24. The predicted octanol–water partition coefficient (Wildman–Crippen LogP) is 4.44. The lowest BCUT2D eigenvalue weighted by molar-refractivity contribution is -0.274. The zero-order chi connectivity index (χ0) is 31.9. The fraction of sp³-hybridized carbons (Fsp3) is 0.276. The van der Waals surface area contributed by atoms with Gasteiger partial charge in [0.05, 0.1) is 52.3 Å². The molecule has 0 unspecified atom stereocenters. The van der Waals surface area contributed by atoms with E-state index in [1.54, 1.807) is 38.1 Å². The van der Waals surface area contributed by atoms with Crippen LogP contribution in [0.25, 0.3) is 22.7 Å². The molecule has 3 heterocycles. The third-order valence-electron chi connectivity index (χ3n) is 6.74. The van der Waals surface area contributed by atoms with Gasteiger partial charge < -0.3 is 19.8 Å². The standard InChI is InChI=1S/C29H25F3N6O5S/c1-28(2,16-33)12-25-36-37-26(42-25)19-7-10-24-23(11-19)38(27(39)21(34)15-44(24,40)41)14-17-3-5-18(6-4-17)22-9-8-20(13-35-22)43-29(30,31)32/h3-11,13,21H,12,14-15,34H2,1-2H3/t21-/m0/s1. The molecule has 11 nitrogen and oxygen atoms in total. The number of sulfone groups is 1. The molecule has 2 aromatic carbocycles. The van der Waals surface area contributed by atoms with Crippen LogP contribution >= 0.6 is 0 Å². The molecule has 0 aliphatic carbocycles. The molecule has 5 rings (SSSR count). The number of fused-ring (bicyclic) bond motifs is 1. The van der Waals surface area contributed by atoms with E-state index in [9.17, 15) is 31.6 Å². The van der Waals surface area contributed by atoms with E-state index in [0.29, 0.717) is 22.4 Å². The lowest BCUT2D eigenvalue weighted by atomic mass is 9.92. The summed E-state index contributed by atoms with van der Waals surface area (Å²) in [5.41, 5.74) is 7.31. The van der Waals surface area contributed by atoms with Gasteiger partial charge in [-0.1, -0.05) is 24.3 Å². The summed E-state index contributed by atoms with van der Waals surface area (Å²) in [5.74, 6) is -1.34. The van der Waals surface area contributed by atoms with Gasteiger partial charge in [-0.05, 0) is 49.7 Å². The van der Waals surface area contributed by atoms with Crippen molar-refractivity contribution < 1.29 is 35.5 Å². The Balaban J connectivity index is 1.45. The summed E-state index contributed by atoms with van der Waals surface area (Å²) in [6.45, 7) is 3.41. The third kappa shape index (κ3) is 6.71. The molecular weight excluding hydrogens is 601 g/mol. The molecule has 4 aromatic rings. The number of nitrogens with two attached hydrogens (primary N) is 1. The number of nitriles is 1. The Kier molecular flexibility index (Phi) is 7.91. The van der Waals surface area contributed by atoms with Gasteiger partial charge in [0, 0.05) is 17.5 Å². The quantitative estimate of drug-likeness (QED) is 0.310. The second kappa shape index (κ2) is 11.4. The monoisotopic (exact) mass is 626 g/mol. The van der Waals surface area contributed by atoms with Crippen molar-refractivity contribution in [3.63, 3.8) is 0 Å². The zero-order valence-electron chi connectivity index (χ0n) is 23.4. The van der Waals surface area contributed by atoms with E-state index < -0.39 is 45.1 Å². The average molecular weight is 627 g/mol. The number of aromatic nitrogens is 3. The van der Waals surface area contributed by atoms with Crippen molar-refractivity contribution in [3.05, 3.63) is 72.2 Å². The molecule has 2 aromatic heterocycles. The fourth-order valence-corrected chi connectivity index (χ4v) is 6.13. The summed E-state index contributed by atoms with van der Waals surface area (Å²) >= 11 is 0. The molecule has 1 atom stereocenters. The normalized spacial score (nSPS) is 16.6. The largest absolute Gasteiger partial charge is 0.573 e. The first-order chi connectivity index (χ1) is 20.6.